The Kier molecular flexibility index (Phi) is 3.21. The molecule has 0 amide bonds. The average molecular weight is 222 g/mol. The lowest BCUT2D eigenvalue weighted by Gasteiger charge is -2.12. The number of ether oxygens (including phenoxy) is 1. The summed E-state index contributed by atoms with van der Waals surface area (Å²) >= 11 is 1.46. The van der Waals surface area contributed by atoms with Crippen molar-refractivity contribution in [3.05, 3.63) is 28.0 Å². The zero-order chi connectivity index (χ0) is 10.7. The van der Waals surface area contributed by atoms with Crippen molar-refractivity contribution in [1.29, 1.82) is 0 Å². The molecule has 0 aromatic carbocycles. The summed E-state index contributed by atoms with van der Waals surface area (Å²) < 4.78 is 4.77. The van der Waals surface area contributed by atoms with E-state index in [9.17, 15) is 4.79 Å². The lowest BCUT2D eigenvalue weighted by Crippen LogP contribution is -2.02. The molecule has 1 aliphatic rings. The maximum absolute atomic E-state index is 11.5. The van der Waals surface area contributed by atoms with Crippen LogP contribution in [0, 0.1) is 0 Å². The summed E-state index contributed by atoms with van der Waals surface area (Å²) in [6, 6.07) is 2.02. The molecule has 1 aromatic heterocycles. The molecule has 0 spiro atoms. The normalized spacial score (nSPS) is 15.9. The third-order valence-corrected chi connectivity index (χ3v) is 3.57. The Balaban J connectivity index is 2.31. The molecule has 0 radical (unpaired) electrons. The summed E-state index contributed by atoms with van der Waals surface area (Å²) in [4.78, 5) is 12.2. The number of esters is 1. The highest BCUT2D eigenvalue weighted by Gasteiger charge is 2.17. The van der Waals surface area contributed by atoms with E-state index in [2.05, 4.69) is 6.08 Å². The van der Waals surface area contributed by atoms with E-state index in [0.29, 0.717) is 0 Å². The van der Waals surface area contributed by atoms with Gasteiger partial charge in [-0.05, 0) is 42.7 Å². The van der Waals surface area contributed by atoms with E-state index >= 15 is 0 Å². The van der Waals surface area contributed by atoms with Gasteiger partial charge in [-0.1, -0.05) is 6.08 Å². The van der Waals surface area contributed by atoms with Crippen molar-refractivity contribution in [3.63, 3.8) is 0 Å². The summed E-state index contributed by atoms with van der Waals surface area (Å²) in [5.74, 6) is -0.216. The molecule has 0 unspecified atom stereocenters. The second-order valence-corrected chi connectivity index (χ2v) is 4.55. The first kappa shape index (κ1) is 10.4. The molecule has 2 nitrogen and oxygen atoms in total. The van der Waals surface area contributed by atoms with Gasteiger partial charge in [0.2, 0.25) is 0 Å². The maximum Gasteiger partial charge on any atom is 0.348 e. The summed E-state index contributed by atoms with van der Waals surface area (Å²) in [5.41, 5.74) is 2.38. The van der Waals surface area contributed by atoms with Crippen LogP contribution in [-0.2, 0) is 4.74 Å². The van der Waals surface area contributed by atoms with Gasteiger partial charge in [-0.25, -0.2) is 4.79 Å². The van der Waals surface area contributed by atoms with Crippen LogP contribution in [-0.4, -0.2) is 13.1 Å². The molecule has 0 aliphatic heterocycles. The van der Waals surface area contributed by atoms with Crippen LogP contribution in [0.1, 0.15) is 40.9 Å². The number of rotatable bonds is 2. The van der Waals surface area contributed by atoms with Crippen molar-refractivity contribution in [2.24, 2.45) is 0 Å². The molecule has 0 bridgehead atoms. The molecule has 15 heavy (non-hydrogen) atoms. The maximum atomic E-state index is 11.5. The van der Waals surface area contributed by atoms with Gasteiger partial charge in [0.1, 0.15) is 4.88 Å². The van der Waals surface area contributed by atoms with Crippen LogP contribution in [0.4, 0.5) is 0 Å². The molecule has 1 aliphatic carbocycles. The minimum absolute atomic E-state index is 0.216. The van der Waals surface area contributed by atoms with Gasteiger partial charge in [-0.15, -0.1) is 11.3 Å². The van der Waals surface area contributed by atoms with E-state index < -0.39 is 0 Å². The summed E-state index contributed by atoms with van der Waals surface area (Å²) in [7, 11) is 1.43. The first-order chi connectivity index (χ1) is 7.33. The van der Waals surface area contributed by atoms with Crippen molar-refractivity contribution in [2.75, 3.05) is 7.11 Å². The Labute approximate surface area is 93.6 Å². The van der Waals surface area contributed by atoms with Gasteiger partial charge in [0.25, 0.3) is 0 Å². The predicted octanol–water partition coefficient (Wildman–Crippen LogP) is 3.49. The summed E-state index contributed by atoms with van der Waals surface area (Å²) in [6.07, 6.45) is 6.95. The summed E-state index contributed by atoms with van der Waals surface area (Å²) in [6.45, 7) is 0. The number of carbonyl (C=O) groups excluding carboxylic acids is 1. The number of methoxy groups -OCH3 is 1. The SMILES string of the molecule is COC(=O)c1sccc1C1=CCCCC1. The summed E-state index contributed by atoms with van der Waals surface area (Å²) in [5, 5.41) is 1.96. The molecule has 0 fully saturated rings. The predicted molar refractivity (Wildman–Crippen MR) is 62.1 cm³/mol. The molecular formula is C12H14O2S. The fraction of sp³-hybridized carbons (Fsp3) is 0.417. The Bertz CT molecular complexity index is 390. The zero-order valence-electron chi connectivity index (χ0n) is 8.79. The van der Waals surface area contributed by atoms with E-state index in [-0.39, 0.29) is 5.97 Å². The van der Waals surface area contributed by atoms with E-state index in [1.165, 1.54) is 36.9 Å². The van der Waals surface area contributed by atoms with Crippen molar-refractivity contribution < 1.29 is 9.53 Å². The quantitative estimate of drug-likeness (QED) is 0.716. The van der Waals surface area contributed by atoms with Gasteiger partial charge >= 0.3 is 5.97 Å². The Hall–Kier alpha value is -1.09. The molecule has 3 heteroatoms. The van der Waals surface area contributed by atoms with E-state index in [0.717, 1.165) is 23.3 Å². The lowest BCUT2D eigenvalue weighted by atomic mass is 9.94. The van der Waals surface area contributed by atoms with E-state index in [1.54, 1.807) is 0 Å². The molecule has 1 heterocycles. The molecule has 0 saturated carbocycles. The standard InChI is InChI=1S/C12H14O2S/c1-14-12(13)11-10(7-8-15-11)9-5-3-2-4-6-9/h5,7-8H,2-4,6H2,1H3. The smallest absolute Gasteiger partial charge is 0.348 e. The average Bonchev–Trinajstić information content (AvgIpc) is 2.78. The van der Waals surface area contributed by atoms with Gasteiger partial charge in [0, 0.05) is 5.56 Å². The van der Waals surface area contributed by atoms with Gasteiger partial charge in [0.15, 0.2) is 0 Å². The largest absolute Gasteiger partial charge is 0.465 e. The van der Waals surface area contributed by atoms with E-state index in [1.807, 2.05) is 11.4 Å². The molecule has 1 aromatic rings. The zero-order valence-corrected chi connectivity index (χ0v) is 9.60. The first-order valence-electron chi connectivity index (χ1n) is 5.18. The highest BCUT2D eigenvalue weighted by atomic mass is 32.1. The third-order valence-electron chi connectivity index (χ3n) is 2.67. The Morgan fingerprint density at radius 3 is 3.00 bits per heavy atom. The minimum Gasteiger partial charge on any atom is -0.465 e. The lowest BCUT2D eigenvalue weighted by molar-refractivity contribution is 0.0606. The molecule has 0 N–H and O–H groups in total. The fourth-order valence-corrected chi connectivity index (χ4v) is 2.74. The third kappa shape index (κ3) is 2.12. The van der Waals surface area contributed by atoms with Gasteiger partial charge < -0.3 is 4.74 Å². The van der Waals surface area contributed by atoms with Crippen LogP contribution < -0.4 is 0 Å². The molecule has 0 saturated heterocycles. The molecular weight excluding hydrogens is 208 g/mol. The van der Waals surface area contributed by atoms with Crippen LogP contribution in [0.2, 0.25) is 0 Å². The Morgan fingerprint density at radius 2 is 2.33 bits per heavy atom. The Morgan fingerprint density at radius 1 is 1.47 bits per heavy atom. The highest BCUT2D eigenvalue weighted by Crippen LogP contribution is 2.31. The number of carbonyl (C=O) groups is 1. The highest BCUT2D eigenvalue weighted by molar-refractivity contribution is 7.12. The van der Waals surface area contributed by atoms with Gasteiger partial charge in [-0.2, -0.15) is 0 Å². The van der Waals surface area contributed by atoms with Crippen LogP contribution in [0.15, 0.2) is 17.5 Å². The van der Waals surface area contributed by atoms with Gasteiger partial charge in [-0.3, -0.25) is 0 Å². The molecule has 0 atom stereocenters. The second-order valence-electron chi connectivity index (χ2n) is 3.63. The molecule has 2 rings (SSSR count). The number of thiophene rings is 1. The minimum atomic E-state index is -0.216. The first-order valence-corrected chi connectivity index (χ1v) is 6.06. The number of hydrogen-bond donors (Lipinski definition) is 0. The second kappa shape index (κ2) is 4.62. The topological polar surface area (TPSA) is 26.3 Å². The van der Waals surface area contributed by atoms with Crippen molar-refractivity contribution in [1.82, 2.24) is 0 Å². The van der Waals surface area contributed by atoms with Crippen LogP contribution in [0.3, 0.4) is 0 Å². The molecule has 80 valence electrons. The number of allylic oxidation sites excluding steroid dienone is 2. The van der Waals surface area contributed by atoms with Gasteiger partial charge in [0.05, 0.1) is 7.11 Å². The van der Waals surface area contributed by atoms with Crippen LogP contribution in [0.5, 0.6) is 0 Å². The number of hydrogen-bond acceptors (Lipinski definition) is 3. The van der Waals surface area contributed by atoms with Crippen molar-refractivity contribution in [2.45, 2.75) is 25.7 Å². The monoisotopic (exact) mass is 222 g/mol. The fourth-order valence-electron chi connectivity index (χ4n) is 1.90. The van der Waals surface area contributed by atoms with Crippen molar-refractivity contribution in [3.8, 4) is 0 Å². The van der Waals surface area contributed by atoms with E-state index in [4.69, 9.17) is 4.74 Å². The van der Waals surface area contributed by atoms with Crippen molar-refractivity contribution >= 4 is 22.9 Å². The van der Waals surface area contributed by atoms with Crippen LogP contribution >= 0.6 is 11.3 Å². The van der Waals surface area contributed by atoms with Crippen LogP contribution in [0.25, 0.3) is 5.57 Å².